The van der Waals surface area contributed by atoms with Gasteiger partial charge in [-0.05, 0) is 46.3 Å². The number of methoxy groups -OCH3 is 2. The quantitative estimate of drug-likeness (QED) is 0.552. The average Bonchev–Trinajstić information content (AvgIpc) is 3.34. The van der Waals surface area contributed by atoms with Crippen LogP contribution in [0, 0.1) is 0 Å². The standard InChI is InChI=1S/C18H16BrN3O5S/c1-25-10-3-4-13(26-2)11(7-10)12-9-28-18(21-12)22-16(23)8-20-17(24)14-5-6-15(19)27-14/h3-7,9H,8H2,1-2H3,(H,20,24)(H,21,22,23). The highest BCUT2D eigenvalue weighted by Crippen LogP contribution is 2.34. The first-order valence-corrected chi connectivity index (χ1v) is 9.68. The minimum atomic E-state index is -0.484. The molecule has 0 saturated carbocycles. The zero-order valence-corrected chi connectivity index (χ0v) is 17.3. The van der Waals surface area contributed by atoms with Gasteiger partial charge in [0.1, 0.15) is 11.5 Å². The first-order chi connectivity index (χ1) is 13.5. The Morgan fingerprint density at radius 2 is 2.04 bits per heavy atom. The van der Waals surface area contributed by atoms with E-state index in [1.54, 1.807) is 43.9 Å². The summed E-state index contributed by atoms with van der Waals surface area (Å²) in [4.78, 5) is 28.4. The number of carbonyl (C=O) groups is 2. The molecule has 2 N–H and O–H groups in total. The number of nitrogens with one attached hydrogen (secondary N) is 2. The van der Waals surface area contributed by atoms with Gasteiger partial charge in [0.25, 0.3) is 5.91 Å². The molecule has 0 unspecified atom stereocenters. The Kier molecular flexibility index (Phi) is 6.32. The highest BCUT2D eigenvalue weighted by Gasteiger charge is 2.15. The maximum atomic E-state index is 12.1. The molecule has 0 aliphatic rings. The molecule has 2 heterocycles. The number of thiazole rings is 1. The summed E-state index contributed by atoms with van der Waals surface area (Å²) in [6.07, 6.45) is 0. The Hall–Kier alpha value is -2.85. The van der Waals surface area contributed by atoms with E-state index >= 15 is 0 Å². The number of furan rings is 1. The number of hydrogen-bond acceptors (Lipinski definition) is 7. The van der Waals surface area contributed by atoms with E-state index in [1.165, 1.54) is 17.4 Å². The number of carbonyl (C=O) groups excluding carboxylic acids is 2. The summed E-state index contributed by atoms with van der Waals surface area (Å²) >= 11 is 4.38. The van der Waals surface area contributed by atoms with Gasteiger partial charge in [-0.3, -0.25) is 9.59 Å². The molecular weight excluding hydrogens is 450 g/mol. The summed E-state index contributed by atoms with van der Waals surface area (Å²) in [5.74, 6) is 0.531. The molecule has 0 spiro atoms. The van der Waals surface area contributed by atoms with Crippen molar-refractivity contribution in [2.24, 2.45) is 0 Å². The zero-order chi connectivity index (χ0) is 20.1. The Balaban J connectivity index is 1.63. The van der Waals surface area contributed by atoms with Crippen LogP contribution in [0.5, 0.6) is 11.5 Å². The number of nitrogens with zero attached hydrogens (tertiary/aromatic N) is 1. The van der Waals surface area contributed by atoms with Crippen LogP contribution in [0.3, 0.4) is 0 Å². The Morgan fingerprint density at radius 3 is 2.71 bits per heavy atom. The number of halogens is 1. The second-order valence-electron chi connectivity index (χ2n) is 5.44. The van der Waals surface area contributed by atoms with Crippen LogP contribution in [0.4, 0.5) is 5.13 Å². The van der Waals surface area contributed by atoms with E-state index in [4.69, 9.17) is 13.9 Å². The largest absolute Gasteiger partial charge is 0.497 e. The third-order valence-corrected chi connectivity index (χ3v) is 4.82. The molecule has 0 aliphatic carbocycles. The van der Waals surface area contributed by atoms with E-state index in [1.807, 2.05) is 0 Å². The van der Waals surface area contributed by atoms with Gasteiger partial charge in [0.2, 0.25) is 5.91 Å². The number of benzene rings is 1. The van der Waals surface area contributed by atoms with E-state index in [0.717, 1.165) is 5.56 Å². The van der Waals surface area contributed by atoms with Crippen LogP contribution in [0.25, 0.3) is 11.3 Å². The normalized spacial score (nSPS) is 10.4. The first kappa shape index (κ1) is 19.9. The summed E-state index contributed by atoms with van der Waals surface area (Å²) < 4.78 is 16.2. The zero-order valence-electron chi connectivity index (χ0n) is 14.9. The molecule has 0 radical (unpaired) electrons. The Morgan fingerprint density at radius 1 is 1.21 bits per heavy atom. The van der Waals surface area contributed by atoms with Gasteiger partial charge >= 0.3 is 0 Å². The molecule has 3 aromatic rings. The number of aromatic nitrogens is 1. The molecular formula is C18H16BrN3O5S. The molecule has 28 heavy (non-hydrogen) atoms. The number of rotatable bonds is 7. The average molecular weight is 466 g/mol. The van der Waals surface area contributed by atoms with E-state index in [2.05, 4.69) is 31.5 Å². The van der Waals surface area contributed by atoms with Crippen LogP contribution in [0.15, 0.2) is 44.8 Å². The molecule has 146 valence electrons. The van der Waals surface area contributed by atoms with Gasteiger partial charge in [-0.15, -0.1) is 11.3 Å². The van der Waals surface area contributed by atoms with Crippen molar-refractivity contribution in [1.82, 2.24) is 10.3 Å². The predicted octanol–water partition coefficient (Wildman–Crippen LogP) is 3.55. The van der Waals surface area contributed by atoms with E-state index in [-0.39, 0.29) is 12.3 Å². The van der Waals surface area contributed by atoms with Crippen molar-refractivity contribution in [2.45, 2.75) is 0 Å². The van der Waals surface area contributed by atoms with Crippen molar-refractivity contribution in [1.29, 1.82) is 0 Å². The monoisotopic (exact) mass is 465 g/mol. The first-order valence-electron chi connectivity index (χ1n) is 8.01. The van der Waals surface area contributed by atoms with Gasteiger partial charge in [-0.25, -0.2) is 4.98 Å². The van der Waals surface area contributed by atoms with Crippen LogP contribution in [-0.2, 0) is 4.79 Å². The maximum Gasteiger partial charge on any atom is 0.287 e. The van der Waals surface area contributed by atoms with Gasteiger partial charge in [-0.1, -0.05) is 0 Å². The van der Waals surface area contributed by atoms with Crippen LogP contribution in [-0.4, -0.2) is 37.6 Å². The Bertz CT molecular complexity index is 1000. The van der Waals surface area contributed by atoms with Crippen LogP contribution in [0.2, 0.25) is 0 Å². The highest BCUT2D eigenvalue weighted by molar-refractivity contribution is 9.10. The lowest BCUT2D eigenvalue weighted by molar-refractivity contribution is -0.115. The lowest BCUT2D eigenvalue weighted by Crippen LogP contribution is -2.32. The van der Waals surface area contributed by atoms with Gasteiger partial charge in [-0.2, -0.15) is 0 Å². The predicted molar refractivity (Wildman–Crippen MR) is 108 cm³/mol. The SMILES string of the molecule is COc1ccc(OC)c(-c2csc(NC(=O)CNC(=O)c3ccc(Br)o3)n2)c1. The molecule has 0 aliphatic heterocycles. The van der Waals surface area contributed by atoms with Crippen molar-refractivity contribution >= 4 is 44.2 Å². The number of hydrogen-bond donors (Lipinski definition) is 2. The third kappa shape index (κ3) is 4.70. The number of anilines is 1. The molecule has 8 nitrogen and oxygen atoms in total. The molecule has 1 aromatic carbocycles. The third-order valence-electron chi connectivity index (χ3n) is 3.64. The molecule has 2 amide bonds. The van der Waals surface area contributed by atoms with Gasteiger partial charge < -0.3 is 24.5 Å². The summed E-state index contributed by atoms with van der Waals surface area (Å²) in [7, 11) is 3.15. The molecule has 0 atom stereocenters. The molecule has 2 aromatic heterocycles. The highest BCUT2D eigenvalue weighted by atomic mass is 79.9. The fraction of sp³-hybridized carbons (Fsp3) is 0.167. The van der Waals surface area contributed by atoms with Crippen LogP contribution < -0.4 is 20.1 Å². The maximum absolute atomic E-state index is 12.1. The summed E-state index contributed by atoms with van der Waals surface area (Å²) in [5.41, 5.74) is 1.39. The minimum Gasteiger partial charge on any atom is -0.497 e. The molecule has 0 saturated heterocycles. The lowest BCUT2D eigenvalue weighted by Gasteiger charge is -2.08. The van der Waals surface area contributed by atoms with Crippen molar-refractivity contribution < 1.29 is 23.5 Å². The fourth-order valence-electron chi connectivity index (χ4n) is 2.32. The van der Waals surface area contributed by atoms with Gasteiger partial charge in [0.15, 0.2) is 15.6 Å². The van der Waals surface area contributed by atoms with Crippen molar-refractivity contribution in [3.8, 4) is 22.8 Å². The molecule has 0 fully saturated rings. The number of amides is 2. The van der Waals surface area contributed by atoms with E-state index < -0.39 is 11.8 Å². The lowest BCUT2D eigenvalue weighted by atomic mass is 10.1. The van der Waals surface area contributed by atoms with E-state index in [9.17, 15) is 9.59 Å². The molecule has 0 bridgehead atoms. The molecule has 3 rings (SSSR count). The van der Waals surface area contributed by atoms with Crippen molar-refractivity contribution in [3.05, 3.63) is 46.1 Å². The van der Waals surface area contributed by atoms with Crippen LogP contribution >= 0.6 is 27.3 Å². The minimum absolute atomic E-state index is 0.112. The number of ether oxygens (including phenoxy) is 2. The summed E-state index contributed by atoms with van der Waals surface area (Å²) in [6, 6.07) is 8.48. The van der Waals surface area contributed by atoms with Crippen molar-refractivity contribution in [2.75, 3.05) is 26.1 Å². The summed E-state index contributed by atoms with van der Waals surface area (Å²) in [5, 5.41) is 7.33. The second-order valence-corrected chi connectivity index (χ2v) is 7.08. The Labute approximate surface area is 173 Å². The van der Waals surface area contributed by atoms with Gasteiger partial charge in [0.05, 0.1) is 26.5 Å². The second kappa shape index (κ2) is 8.89. The fourth-order valence-corrected chi connectivity index (χ4v) is 3.35. The summed E-state index contributed by atoms with van der Waals surface area (Å²) in [6.45, 7) is -0.214. The molecule has 10 heteroatoms. The van der Waals surface area contributed by atoms with E-state index in [0.29, 0.717) is 27.0 Å². The van der Waals surface area contributed by atoms with Crippen molar-refractivity contribution in [3.63, 3.8) is 0 Å². The topological polar surface area (TPSA) is 103 Å². The van der Waals surface area contributed by atoms with Crippen LogP contribution in [0.1, 0.15) is 10.6 Å². The van der Waals surface area contributed by atoms with Gasteiger partial charge in [0, 0.05) is 10.9 Å². The smallest absolute Gasteiger partial charge is 0.287 e.